The van der Waals surface area contributed by atoms with Gasteiger partial charge in [0, 0.05) is 17.3 Å². The highest BCUT2D eigenvalue weighted by atomic mass is 32.1. The van der Waals surface area contributed by atoms with Gasteiger partial charge in [-0.15, -0.1) is 11.3 Å². The van der Waals surface area contributed by atoms with Crippen LogP contribution in [0.4, 0.5) is 0 Å². The number of aryl methyl sites for hydroxylation is 1. The Labute approximate surface area is 88.4 Å². The van der Waals surface area contributed by atoms with Gasteiger partial charge in [-0.3, -0.25) is 0 Å². The van der Waals surface area contributed by atoms with Crippen molar-refractivity contribution in [3.8, 4) is 0 Å². The molecule has 1 aromatic heterocycles. The first-order chi connectivity index (χ1) is 6.70. The predicted octanol–water partition coefficient (Wildman–Crippen LogP) is 1.36. The van der Waals surface area contributed by atoms with E-state index in [-0.39, 0.29) is 6.61 Å². The number of thiazole rings is 1. The highest BCUT2D eigenvalue weighted by molar-refractivity contribution is 7.11. The van der Waals surface area contributed by atoms with Crippen molar-refractivity contribution in [2.45, 2.75) is 25.9 Å². The van der Waals surface area contributed by atoms with Gasteiger partial charge in [0.15, 0.2) is 0 Å². The van der Waals surface area contributed by atoms with E-state index in [1.165, 1.54) is 17.0 Å². The zero-order chi connectivity index (χ0) is 10.1. The van der Waals surface area contributed by atoms with Gasteiger partial charge < -0.3 is 10.0 Å². The van der Waals surface area contributed by atoms with Gasteiger partial charge in [-0.1, -0.05) is 0 Å². The Morgan fingerprint density at radius 3 is 2.93 bits per heavy atom. The second-order valence-electron chi connectivity index (χ2n) is 3.95. The van der Waals surface area contributed by atoms with Crippen LogP contribution in [-0.2, 0) is 6.61 Å². The standard InChI is InChI=1S/C10H16N2OS/c1-7-10(11-9(6-13)14-7)8-3-4-12(2)5-8/h8,13H,3-6H2,1-2H3. The third-order valence-corrected chi connectivity index (χ3v) is 3.76. The second-order valence-corrected chi connectivity index (χ2v) is 5.24. The molecule has 0 bridgehead atoms. The maximum atomic E-state index is 9.01. The number of hydrogen-bond donors (Lipinski definition) is 1. The summed E-state index contributed by atoms with van der Waals surface area (Å²) in [4.78, 5) is 8.09. The number of aliphatic hydroxyl groups is 1. The fraction of sp³-hybridized carbons (Fsp3) is 0.700. The van der Waals surface area contributed by atoms with E-state index in [4.69, 9.17) is 5.11 Å². The third kappa shape index (κ3) is 1.82. The number of rotatable bonds is 2. The van der Waals surface area contributed by atoms with Crippen LogP contribution in [0.3, 0.4) is 0 Å². The molecule has 1 saturated heterocycles. The van der Waals surface area contributed by atoms with Crippen molar-refractivity contribution >= 4 is 11.3 Å². The van der Waals surface area contributed by atoms with Crippen molar-refractivity contribution in [2.75, 3.05) is 20.1 Å². The number of nitrogens with zero attached hydrogens (tertiary/aromatic N) is 2. The van der Waals surface area contributed by atoms with Crippen LogP contribution in [0.15, 0.2) is 0 Å². The lowest BCUT2D eigenvalue weighted by atomic mass is 10.0. The van der Waals surface area contributed by atoms with Crippen molar-refractivity contribution in [3.05, 3.63) is 15.6 Å². The molecular weight excluding hydrogens is 196 g/mol. The smallest absolute Gasteiger partial charge is 0.119 e. The third-order valence-electron chi connectivity index (χ3n) is 2.79. The van der Waals surface area contributed by atoms with Crippen LogP contribution in [0.1, 0.15) is 27.9 Å². The summed E-state index contributed by atoms with van der Waals surface area (Å²) in [7, 11) is 2.15. The number of likely N-dealkylation sites (tertiary alicyclic amines) is 1. The summed E-state index contributed by atoms with van der Waals surface area (Å²) in [5.74, 6) is 0.580. The molecule has 0 amide bonds. The molecule has 2 rings (SSSR count). The molecule has 0 spiro atoms. The average molecular weight is 212 g/mol. The minimum atomic E-state index is 0.0774. The number of likely N-dealkylation sites (N-methyl/N-ethyl adjacent to an activating group) is 1. The highest BCUT2D eigenvalue weighted by Crippen LogP contribution is 2.30. The van der Waals surface area contributed by atoms with Gasteiger partial charge in [0.1, 0.15) is 5.01 Å². The lowest BCUT2D eigenvalue weighted by Crippen LogP contribution is -2.13. The minimum Gasteiger partial charge on any atom is -0.389 e. The van der Waals surface area contributed by atoms with Crippen LogP contribution in [0.5, 0.6) is 0 Å². The van der Waals surface area contributed by atoms with Crippen molar-refractivity contribution in [1.29, 1.82) is 0 Å². The fourth-order valence-corrected chi connectivity index (χ4v) is 2.95. The summed E-state index contributed by atoms with van der Waals surface area (Å²) in [6.07, 6.45) is 1.20. The molecule has 1 aliphatic rings. The van der Waals surface area contributed by atoms with Crippen LogP contribution in [-0.4, -0.2) is 35.1 Å². The summed E-state index contributed by atoms with van der Waals surface area (Å²) >= 11 is 1.62. The van der Waals surface area contributed by atoms with E-state index in [1.807, 2.05) is 0 Å². The van der Waals surface area contributed by atoms with Crippen LogP contribution in [0, 0.1) is 6.92 Å². The topological polar surface area (TPSA) is 36.4 Å². The molecule has 4 heteroatoms. The van der Waals surface area contributed by atoms with E-state index in [9.17, 15) is 0 Å². The number of aliphatic hydroxyl groups excluding tert-OH is 1. The molecular formula is C10H16N2OS. The first-order valence-corrected chi connectivity index (χ1v) is 5.78. The Morgan fingerprint density at radius 1 is 1.64 bits per heavy atom. The number of hydrogen-bond acceptors (Lipinski definition) is 4. The van der Waals surface area contributed by atoms with Crippen LogP contribution >= 0.6 is 11.3 Å². The SMILES string of the molecule is Cc1sc(CO)nc1C1CCN(C)C1. The van der Waals surface area contributed by atoms with Crippen molar-refractivity contribution < 1.29 is 5.11 Å². The van der Waals surface area contributed by atoms with E-state index < -0.39 is 0 Å². The molecule has 78 valence electrons. The molecule has 0 aliphatic carbocycles. The van der Waals surface area contributed by atoms with E-state index in [1.54, 1.807) is 11.3 Å². The molecule has 0 saturated carbocycles. The molecule has 1 unspecified atom stereocenters. The maximum Gasteiger partial charge on any atom is 0.119 e. The molecule has 0 radical (unpaired) electrons. The predicted molar refractivity (Wildman–Crippen MR) is 57.6 cm³/mol. The van der Waals surface area contributed by atoms with Gasteiger partial charge in [0.25, 0.3) is 0 Å². The van der Waals surface area contributed by atoms with Crippen LogP contribution < -0.4 is 0 Å². The highest BCUT2D eigenvalue weighted by Gasteiger charge is 2.25. The van der Waals surface area contributed by atoms with E-state index in [0.717, 1.165) is 18.1 Å². The molecule has 0 aromatic carbocycles. The van der Waals surface area contributed by atoms with Gasteiger partial charge >= 0.3 is 0 Å². The fourth-order valence-electron chi connectivity index (χ4n) is 2.07. The Kier molecular flexibility index (Phi) is 2.85. The molecule has 2 heterocycles. The van der Waals surface area contributed by atoms with Gasteiger partial charge in [0.05, 0.1) is 12.3 Å². The average Bonchev–Trinajstić information content (AvgIpc) is 2.71. The largest absolute Gasteiger partial charge is 0.389 e. The van der Waals surface area contributed by atoms with Crippen molar-refractivity contribution in [1.82, 2.24) is 9.88 Å². The van der Waals surface area contributed by atoms with Crippen molar-refractivity contribution in [3.63, 3.8) is 0 Å². The molecule has 1 atom stereocenters. The normalized spacial score (nSPS) is 23.2. The molecule has 1 aliphatic heterocycles. The Hall–Kier alpha value is -0.450. The number of aromatic nitrogens is 1. The second kappa shape index (κ2) is 3.96. The molecule has 14 heavy (non-hydrogen) atoms. The minimum absolute atomic E-state index is 0.0774. The van der Waals surface area contributed by atoms with Crippen molar-refractivity contribution in [2.24, 2.45) is 0 Å². The Bertz CT molecular complexity index is 324. The van der Waals surface area contributed by atoms with Gasteiger partial charge in [-0.2, -0.15) is 0 Å². The molecule has 1 fully saturated rings. The molecule has 1 aromatic rings. The first kappa shape index (κ1) is 10.1. The Morgan fingerprint density at radius 2 is 2.43 bits per heavy atom. The lowest BCUT2D eigenvalue weighted by Gasteiger charge is -2.08. The monoisotopic (exact) mass is 212 g/mol. The quantitative estimate of drug-likeness (QED) is 0.804. The maximum absolute atomic E-state index is 9.01. The zero-order valence-electron chi connectivity index (χ0n) is 8.66. The summed E-state index contributed by atoms with van der Waals surface area (Å²) < 4.78 is 0. The van der Waals surface area contributed by atoms with Gasteiger partial charge in [-0.25, -0.2) is 4.98 Å². The molecule has 3 nitrogen and oxygen atoms in total. The summed E-state index contributed by atoms with van der Waals surface area (Å²) in [6, 6.07) is 0. The van der Waals surface area contributed by atoms with E-state index >= 15 is 0 Å². The zero-order valence-corrected chi connectivity index (χ0v) is 9.47. The first-order valence-electron chi connectivity index (χ1n) is 4.96. The summed E-state index contributed by atoms with van der Waals surface area (Å²) in [5.41, 5.74) is 1.21. The van der Waals surface area contributed by atoms with Crippen LogP contribution in [0.25, 0.3) is 0 Å². The van der Waals surface area contributed by atoms with Crippen LogP contribution in [0.2, 0.25) is 0 Å². The van der Waals surface area contributed by atoms with Gasteiger partial charge in [0.2, 0.25) is 0 Å². The summed E-state index contributed by atoms with van der Waals surface area (Å²) in [6.45, 7) is 4.45. The van der Waals surface area contributed by atoms with E-state index in [0.29, 0.717) is 5.92 Å². The lowest BCUT2D eigenvalue weighted by molar-refractivity contribution is 0.281. The van der Waals surface area contributed by atoms with Gasteiger partial charge in [-0.05, 0) is 26.9 Å². The Balaban J connectivity index is 2.19. The molecule has 1 N–H and O–H groups in total. The summed E-state index contributed by atoms with van der Waals surface area (Å²) in [5, 5.41) is 9.86. The van der Waals surface area contributed by atoms with E-state index in [2.05, 4.69) is 23.9 Å².